The fourth-order valence-corrected chi connectivity index (χ4v) is 3.01. The Hall–Kier alpha value is -3.43. The van der Waals surface area contributed by atoms with E-state index in [4.69, 9.17) is 4.74 Å². The smallest absolute Gasteiger partial charge is 0.462 e. The average molecular weight is 443 g/mol. The lowest BCUT2D eigenvalue weighted by atomic mass is 9.96. The van der Waals surface area contributed by atoms with Crippen LogP contribution in [0.15, 0.2) is 54.7 Å². The van der Waals surface area contributed by atoms with Crippen molar-refractivity contribution in [3.8, 4) is 28.1 Å². The highest BCUT2D eigenvalue weighted by Crippen LogP contribution is 2.42. The second-order valence-corrected chi connectivity index (χ2v) is 6.29. The molecule has 0 atom stereocenters. The third kappa shape index (κ3) is 5.01. The van der Waals surface area contributed by atoms with Gasteiger partial charge in [-0.3, -0.25) is 0 Å². The lowest BCUT2D eigenvalue weighted by molar-refractivity contribution is -0.274. The third-order valence-corrected chi connectivity index (χ3v) is 4.26. The normalized spacial score (nSPS) is 12.0. The molecule has 0 spiro atoms. The minimum atomic E-state index is -5.00. The summed E-state index contributed by atoms with van der Waals surface area (Å²) in [5, 5.41) is 0. The van der Waals surface area contributed by atoms with Gasteiger partial charge >= 0.3 is 18.5 Å². The zero-order chi connectivity index (χ0) is 22.8. The Bertz CT molecular complexity index is 1070. The molecule has 164 valence electrons. The molecule has 1 heterocycles. The number of carbonyl (C=O) groups excluding carboxylic acids is 1. The second kappa shape index (κ2) is 8.37. The lowest BCUT2D eigenvalue weighted by Crippen LogP contribution is -2.17. The SMILES string of the molecule is CCOC(=O)c1c[nH]c(-c2ccc(C(F)(F)F)cc2)c1-c1ccccc1OC(F)(F)F. The molecule has 0 aliphatic heterocycles. The van der Waals surface area contributed by atoms with E-state index in [-0.39, 0.29) is 34.6 Å². The van der Waals surface area contributed by atoms with Gasteiger partial charge in [-0.15, -0.1) is 13.2 Å². The summed E-state index contributed by atoms with van der Waals surface area (Å²) in [6.45, 7) is 1.57. The minimum absolute atomic E-state index is 0.0121. The van der Waals surface area contributed by atoms with Crippen molar-refractivity contribution in [1.82, 2.24) is 4.98 Å². The van der Waals surface area contributed by atoms with Crippen molar-refractivity contribution < 1.29 is 40.6 Å². The molecule has 0 aliphatic rings. The Morgan fingerprint density at radius 2 is 1.61 bits per heavy atom. The molecule has 2 aromatic carbocycles. The van der Waals surface area contributed by atoms with E-state index in [1.165, 1.54) is 24.4 Å². The predicted molar refractivity (Wildman–Crippen MR) is 99.3 cm³/mol. The monoisotopic (exact) mass is 443 g/mol. The highest BCUT2D eigenvalue weighted by Gasteiger charge is 2.34. The molecular weight excluding hydrogens is 428 g/mol. The summed E-state index contributed by atoms with van der Waals surface area (Å²) in [5.41, 5.74) is -0.696. The van der Waals surface area contributed by atoms with Gasteiger partial charge in [0, 0.05) is 17.3 Å². The maximum atomic E-state index is 12.9. The zero-order valence-corrected chi connectivity index (χ0v) is 15.9. The molecular formula is C21H15F6NO3. The van der Waals surface area contributed by atoms with Gasteiger partial charge in [0.25, 0.3) is 0 Å². The molecule has 3 aromatic rings. The van der Waals surface area contributed by atoms with Crippen molar-refractivity contribution in [2.24, 2.45) is 0 Å². The maximum absolute atomic E-state index is 12.9. The number of hydrogen-bond acceptors (Lipinski definition) is 3. The number of nitrogens with one attached hydrogen (secondary N) is 1. The van der Waals surface area contributed by atoms with Crippen molar-refractivity contribution in [2.45, 2.75) is 19.5 Å². The molecule has 0 bridgehead atoms. The van der Waals surface area contributed by atoms with Crippen LogP contribution in [-0.4, -0.2) is 23.9 Å². The highest BCUT2D eigenvalue weighted by molar-refractivity contribution is 6.02. The largest absolute Gasteiger partial charge is 0.573 e. The number of ether oxygens (including phenoxy) is 2. The number of hydrogen-bond donors (Lipinski definition) is 1. The minimum Gasteiger partial charge on any atom is -0.462 e. The van der Waals surface area contributed by atoms with Crippen LogP contribution >= 0.6 is 0 Å². The molecule has 0 saturated heterocycles. The Labute approximate surface area is 172 Å². The number of rotatable bonds is 5. The van der Waals surface area contributed by atoms with Gasteiger partial charge in [0.1, 0.15) is 5.75 Å². The van der Waals surface area contributed by atoms with Crippen LogP contribution < -0.4 is 4.74 Å². The highest BCUT2D eigenvalue weighted by atomic mass is 19.4. The standard InChI is InChI=1S/C21H15F6NO3/c1-2-30-19(29)15-11-28-18(12-7-9-13(10-8-12)20(22,23)24)17(15)14-5-3-4-6-16(14)31-21(25,26)27/h3-11,28H,2H2,1H3. The molecule has 10 heteroatoms. The van der Waals surface area contributed by atoms with Crippen molar-refractivity contribution in [3.63, 3.8) is 0 Å². The van der Waals surface area contributed by atoms with Gasteiger partial charge in [-0.05, 0) is 30.7 Å². The molecule has 0 radical (unpaired) electrons. The lowest BCUT2D eigenvalue weighted by Gasteiger charge is -2.15. The van der Waals surface area contributed by atoms with Gasteiger partial charge in [-0.2, -0.15) is 13.2 Å². The van der Waals surface area contributed by atoms with Crippen molar-refractivity contribution in [3.05, 3.63) is 65.9 Å². The second-order valence-electron chi connectivity index (χ2n) is 6.29. The van der Waals surface area contributed by atoms with Gasteiger partial charge < -0.3 is 14.5 Å². The fourth-order valence-electron chi connectivity index (χ4n) is 3.01. The molecule has 31 heavy (non-hydrogen) atoms. The number of esters is 1. The quantitative estimate of drug-likeness (QED) is 0.365. The molecule has 4 nitrogen and oxygen atoms in total. The van der Waals surface area contributed by atoms with Crippen molar-refractivity contribution in [1.29, 1.82) is 0 Å². The van der Waals surface area contributed by atoms with Gasteiger partial charge in [0.2, 0.25) is 0 Å². The summed E-state index contributed by atoms with van der Waals surface area (Å²) in [5.74, 6) is -1.39. The van der Waals surface area contributed by atoms with Gasteiger partial charge in [0.15, 0.2) is 0 Å². The number of benzene rings is 2. The van der Waals surface area contributed by atoms with Crippen LogP contribution in [0.1, 0.15) is 22.8 Å². The number of aromatic nitrogens is 1. The molecule has 1 aromatic heterocycles. The molecule has 3 rings (SSSR count). The molecule has 0 saturated carbocycles. The first-order valence-corrected chi connectivity index (χ1v) is 8.92. The number of aromatic amines is 1. The first-order chi connectivity index (χ1) is 14.5. The molecule has 0 fully saturated rings. The van der Waals surface area contributed by atoms with Crippen molar-refractivity contribution in [2.75, 3.05) is 6.61 Å². The summed E-state index contributed by atoms with van der Waals surface area (Å²) in [4.78, 5) is 15.2. The number of para-hydroxylation sites is 1. The Kier molecular flexibility index (Phi) is 6.01. The Morgan fingerprint density at radius 3 is 2.19 bits per heavy atom. The van der Waals surface area contributed by atoms with Crippen LogP contribution in [0, 0.1) is 0 Å². The first kappa shape index (κ1) is 22.3. The van der Waals surface area contributed by atoms with E-state index in [9.17, 15) is 31.1 Å². The van der Waals surface area contributed by atoms with E-state index in [2.05, 4.69) is 9.72 Å². The van der Waals surface area contributed by atoms with E-state index in [1.807, 2.05) is 0 Å². The summed E-state index contributed by atoms with van der Waals surface area (Å²) >= 11 is 0. The fraction of sp³-hybridized carbons (Fsp3) is 0.190. The number of carbonyl (C=O) groups is 1. The summed E-state index contributed by atoms with van der Waals surface area (Å²) in [6, 6.07) is 9.11. The van der Waals surface area contributed by atoms with E-state index in [1.54, 1.807) is 6.92 Å². The van der Waals surface area contributed by atoms with Crippen LogP contribution in [0.4, 0.5) is 26.3 Å². The van der Waals surface area contributed by atoms with Crippen LogP contribution in [0.25, 0.3) is 22.4 Å². The van der Waals surface area contributed by atoms with E-state index in [0.29, 0.717) is 0 Å². The summed E-state index contributed by atoms with van der Waals surface area (Å²) in [7, 11) is 0. The topological polar surface area (TPSA) is 51.3 Å². The molecule has 0 aliphatic carbocycles. The van der Waals surface area contributed by atoms with Crippen LogP contribution in [0.2, 0.25) is 0 Å². The molecule has 0 unspecified atom stereocenters. The Balaban J connectivity index is 2.20. The van der Waals surface area contributed by atoms with Gasteiger partial charge in [-0.25, -0.2) is 4.79 Å². The summed E-state index contributed by atoms with van der Waals surface area (Å²) in [6.07, 6.45) is -8.32. The Morgan fingerprint density at radius 1 is 0.968 bits per heavy atom. The molecule has 0 amide bonds. The number of H-pyrrole nitrogens is 1. The maximum Gasteiger partial charge on any atom is 0.573 e. The van der Waals surface area contributed by atoms with E-state index < -0.39 is 29.8 Å². The van der Waals surface area contributed by atoms with Crippen LogP contribution in [0.5, 0.6) is 5.75 Å². The number of halogens is 6. The number of alkyl halides is 6. The van der Waals surface area contributed by atoms with Gasteiger partial charge in [0.05, 0.1) is 23.4 Å². The van der Waals surface area contributed by atoms with Crippen LogP contribution in [0.3, 0.4) is 0 Å². The van der Waals surface area contributed by atoms with E-state index in [0.717, 1.165) is 30.3 Å². The molecule has 1 N–H and O–H groups in total. The van der Waals surface area contributed by atoms with Crippen molar-refractivity contribution >= 4 is 5.97 Å². The summed E-state index contributed by atoms with van der Waals surface area (Å²) < 4.78 is 86.4. The first-order valence-electron chi connectivity index (χ1n) is 8.92. The average Bonchev–Trinajstić information content (AvgIpc) is 3.12. The van der Waals surface area contributed by atoms with Crippen LogP contribution in [-0.2, 0) is 10.9 Å². The van der Waals surface area contributed by atoms with Gasteiger partial charge in [-0.1, -0.05) is 30.3 Å². The van der Waals surface area contributed by atoms with E-state index >= 15 is 0 Å². The predicted octanol–water partition coefficient (Wildman–Crippen LogP) is 6.44. The third-order valence-electron chi connectivity index (χ3n) is 4.26. The zero-order valence-electron chi connectivity index (χ0n) is 15.9.